The quantitative estimate of drug-likeness (QED) is 0.814. The van der Waals surface area contributed by atoms with E-state index in [9.17, 15) is 4.79 Å². The van der Waals surface area contributed by atoms with Gasteiger partial charge in [-0.25, -0.2) is 9.97 Å². The molecular formula is C17H23N5O. The third-order valence-corrected chi connectivity index (χ3v) is 3.46. The van der Waals surface area contributed by atoms with Gasteiger partial charge in [0.05, 0.1) is 5.56 Å². The summed E-state index contributed by atoms with van der Waals surface area (Å²) >= 11 is 0. The van der Waals surface area contributed by atoms with Crippen molar-refractivity contribution in [1.82, 2.24) is 20.2 Å². The topological polar surface area (TPSA) is 70.2 Å². The molecule has 0 aliphatic heterocycles. The van der Waals surface area contributed by atoms with E-state index in [1.165, 1.54) is 12.4 Å². The predicted molar refractivity (Wildman–Crippen MR) is 91.4 cm³/mol. The molecule has 1 amide bonds. The Hall–Kier alpha value is -2.47. The van der Waals surface area contributed by atoms with Crippen molar-refractivity contribution in [3.8, 4) is 0 Å². The van der Waals surface area contributed by atoms with E-state index in [-0.39, 0.29) is 5.91 Å². The van der Waals surface area contributed by atoms with E-state index in [1.807, 2.05) is 45.3 Å². The van der Waals surface area contributed by atoms with Crippen molar-refractivity contribution >= 4 is 11.9 Å². The molecule has 0 aliphatic carbocycles. The second kappa shape index (κ2) is 8.24. The predicted octanol–water partition coefficient (Wildman–Crippen LogP) is 1.69. The van der Waals surface area contributed by atoms with Crippen LogP contribution in [0.15, 0.2) is 36.7 Å². The van der Waals surface area contributed by atoms with Gasteiger partial charge in [-0.15, -0.1) is 0 Å². The molecule has 0 spiro atoms. The molecule has 0 fully saturated rings. The zero-order valence-electron chi connectivity index (χ0n) is 13.8. The van der Waals surface area contributed by atoms with Crippen molar-refractivity contribution in [3.05, 3.63) is 53.3 Å². The van der Waals surface area contributed by atoms with Crippen LogP contribution in [0.25, 0.3) is 0 Å². The van der Waals surface area contributed by atoms with Crippen LogP contribution in [0.1, 0.15) is 21.5 Å². The van der Waals surface area contributed by atoms with Crippen molar-refractivity contribution in [3.63, 3.8) is 0 Å². The van der Waals surface area contributed by atoms with Crippen molar-refractivity contribution in [2.45, 2.75) is 13.5 Å². The number of benzene rings is 1. The Morgan fingerprint density at radius 2 is 1.87 bits per heavy atom. The molecule has 0 unspecified atom stereocenters. The van der Waals surface area contributed by atoms with Gasteiger partial charge in [0, 0.05) is 32.0 Å². The molecule has 2 N–H and O–H groups in total. The lowest BCUT2D eigenvalue weighted by molar-refractivity contribution is 0.0950. The van der Waals surface area contributed by atoms with E-state index >= 15 is 0 Å². The number of rotatable bonds is 7. The summed E-state index contributed by atoms with van der Waals surface area (Å²) in [5, 5.41) is 6.00. The first-order valence-corrected chi connectivity index (χ1v) is 7.59. The third-order valence-electron chi connectivity index (χ3n) is 3.46. The number of nitrogens with zero attached hydrogens (tertiary/aromatic N) is 3. The lowest BCUT2D eigenvalue weighted by Gasteiger charge is -2.10. The van der Waals surface area contributed by atoms with Gasteiger partial charge in [-0.05, 0) is 32.1 Å². The molecule has 2 rings (SSSR count). The van der Waals surface area contributed by atoms with E-state index in [2.05, 4.69) is 25.5 Å². The fraction of sp³-hybridized carbons (Fsp3) is 0.353. The molecule has 122 valence electrons. The van der Waals surface area contributed by atoms with Gasteiger partial charge in [0.15, 0.2) is 0 Å². The molecule has 23 heavy (non-hydrogen) atoms. The lowest BCUT2D eigenvalue weighted by atomic mass is 10.1. The van der Waals surface area contributed by atoms with Crippen LogP contribution in [0.2, 0.25) is 0 Å². The first-order chi connectivity index (χ1) is 11.1. The van der Waals surface area contributed by atoms with Crippen molar-refractivity contribution in [2.24, 2.45) is 0 Å². The first-order valence-electron chi connectivity index (χ1n) is 7.59. The summed E-state index contributed by atoms with van der Waals surface area (Å²) in [6.45, 7) is 4.17. The molecule has 0 atom stereocenters. The number of likely N-dealkylation sites (N-methyl/N-ethyl adjacent to an activating group) is 1. The second-order valence-electron chi connectivity index (χ2n) is 5.63. The highest BCUT2D eigenvalue weighted by Gasteiger charge is 2.07. The standard InChI is InChI=1S/C17H23N5O/c1-13-6-4-5-7-14(13)10-19-16(23)15-11-20-17(21-12-15)18-8-9-22(2)3/h4-7,11-12H,8-10H2,1-3H3,(H,19,23)(H,18,20,21). The zero-order chi connectivity index (χ0) is 16.7. The van der Waals surface area contributed by atoms with Gasteiger partial charge < -0.3 is 15.5 Å². The van der Waals surface area contributed by atoms with Crippen LogP contribution < -0.4 is 10.6 Å². The number of amides is 1. The fourth-order valence-corrected chi connectivity index (χ4v) is 2.01. The molecule has 1 aromatic carbocycles. The van der Waals surface area contributed by atoms with Gasteiger partial charge in [0.2, 0.25) is 5.95 Å². The highest BCUT2D eigenvalue weighted by molar-refractivity contribution is 5.93. The van der Waals surface area contributed by atoms with Crippen LogP contribution in [0.5, 0.6) is 0 Å². The lowest BCUT2D eigenvalue weighted by Crippen LogP contribution is -2.24. The van der Waals surface area contributed by atoms with E-state index in [0.717, 1.165) is 24.2 Å². The number of aryl methyl sites for hydroxylation is 1. The Morgan fingerprint density at radius 1 is 1.17 bits per heavy atom. The van der Waals surface area contributed by atoms with Gasteiger partial charge in [0.1, 0.15) is 0 Å². The Labute approximate surface area is 137 Å². The molecule has 1 heterocycles. The largest absolute Gasteiger partial charge is 0.353 e. The summed E-state index contributed by atoms with van der Waals surface area (Å²) in [4.78, 5) is 22.5. The van der Waals surface area contributed by atoms with Gasteiger partial charge in [-0.2, -0.15) is 0 Å². The number of hydrogen-bond donors (Lipinski definition) is 2. The number of anilines is 1. The molecule has 6 nitrogen and oxygen atoms in total. The molecule has 6 heteroatoms. The molecule has 1 aromatic heterocycles. The SMILES string of the molecule is Cc1ccccc1CNC(=O)c1cnc(NCCN(C)C)nc1. The van der Waals surface area contributed by atoms with Crippen LogP contribution in [-0.2, 0) is 6.54 Å². The summed E-state index contributed by atoms with van der Waals surface area (Å²) in [5.74, 6) is 0.357. The van der Waals surface area contributed by atoms with Crippen LogP contribution >= 0.6 is 0 Å². The maximum absolute atomic E-state index is 12.1. The molecular weight excluding hydrogens is 290 g/mol. The molecule has 0 aliphatic rings. The van der Waals surface area contributed by atoms with Crippen LogP contribution in [0.3, 0.4) is 0 Å². The van der Waals surface area contributed by atoms with Crippen LogP contribution in [-0.4, -0.2) is 48.0 Å². The number of hydrogen-bond acceptors (Lipinski definition) is 5. The van der Waals surface area contributed by atoms with Crippen molar-refractivity contribution in [1.29, 1.82) is 0 Å². The molecule has 0 bridgehead atoms. The van der Waals surface area contributed by atoms with E-state index in [0.29, 0.717) is 18.1 Å². The second-order valence-corrected chi connectivity index (χ2v) is 5.63. The highest BCUT2D eigenvalue weighted by Crippen LogP contribution is 2.07. The van der Waals surface area contributed by atoms with Crippen molar-refractivity contribution < 1.29 is 4.79 Å². The van der Waals surface area contributed by atoms with Gasteiger partial charge in [-0.1, -0.05) is 24.3 Å². The van der Waals surface area contributed by atoms with Gasteiger partial charge >= 0.3 is 0 Å². The minimum absolute atomic E-state index is 0.173. The number of aromatic nitrogens is 2. The van der Waals surface area contributed by atoms with Crippen molar-refractivity contribution in [2.75, 3.05) is 32.5 Å². The van der Waals surface area contributed by atoms with E-state index < -0.39 is 0 Å². The van der Waals surface area contributed by atoms with E-state index in [1.54, 1.807) is 0 Å². The maximum atomic E-state index is 12.1. The van der Waals surface area contributed by atoms with Crippen LogP contribution in [0.4, 0.5) is 5.95 Å². The molecule has 2 aromatic rings. The molecule has 0 saturated carbocycles. The van der Waals surface area contributed by atoms with Gasteiger partial charge in [-0.3, -0.25) is 4.79 Å². The maximum Gasteiger partial charge on any atom is 0.254 e. The summed E-state index contributed by atoms with van der Waals surface area (Å²) in [5.41, 5.74) is 2.71. The molecule has 0 radical (unpaired) electrons. The molecule has 0 saturated heterocycles. The Morgan fingerprint density at radius 3 is 2.52 bits per heavy atom. The normalized spacial score (nSPS) is 10.6. The first kappa shape index (κ1) is 16.9. The average molecular weight is 313 g/mol. The third kappa shape index (κ3) is 5.34. The highest BCUT2D eigenvalue weighted by atomic mass is 16.1. The zero-order valence-corrected chi connectivity index (χ0v) is 13.8. The summed E-state index contributed by atoms with van der Waals surface area (Å²) in [6, 6.07) is 7.98. The smallest absolute Gasteiger partial charge is 0.254 e. The summed E-state index contributed by atoms with van der Waals surface area (Å²) in [6.07, 6.45) is 3.08. The minimum atomic E-state index is -0.173. The Kier molecular flexibility index (Phi) is 6.05. The van der Waals surface area contributed by atoms with Crippen LogP contribution in [0, 0.1) is 6.92 Å². The Bertz CT molecular complexity index is 640. The van der Waals surface area contributed by atoms with Gasteiger partial charge in [0.25, 0.3) is 5.91 Å². The monoisotopic (exact) mass is 313 g/mol. The number of nitrogens with one attached hydrogen (secondary N) is 2. The van der Waals surface area contributed by atoms with E-state index in [4.69, 9.17) is 0 Å². The minimum Gasteiger partial charge on any atom is -0.353 e. The summed E-state index contributed by atoms with van der Waals surface area (Å²) < 4.78 is 0. The number of carbonyl (C=O) groups is 1. The number of carbonyl (C=O) groups excluding carboxylic acids is 1. The summed E-state index contributed by atoms with van der Waals surface area (Å²) in [7, 11) is 4.01. The Balaban J connectivity index is 1.86. The fourth-order valence-electron chi connectivity index (χ4n) is 2.01. The average Bonchev–Trinajstić information content (AvgIpc) is 2.54.